The van der Waals surface area contributed by atoms with Gasteiger partial charge < -0.3 is 24.1 Å². The van der Waals surface area contributed by atoms with Gasteiger partial charge in [-0.1, -0.05) is 39.6 Å². The predicted octanol–water partition coefficient (Wildman–Crippen LogP) is 7.30. The Morgan fingerprint density at radius 2 is 1.89 bits per heavy atom. The molecule has 0 radical (unpaired) electrons. The van der Waals surface area contributed by atoms with Crippen molar-refractivity contribution >= 4 is 31.2 Å². The van der Waals surface area contributed by atoms with Gasteiger partial charge in [-0.05, 0) is 89.0 Å². The second kappa shape index (κ2) is 13.8. The van der Waals surface area contributed by atoms with Gasteiger partial charge in [-0.3, -0.25) is 9.78 Å². The Kier molecular flexibility index (Phi) is 10.7. The molecule has 46 heavy (non-hydrogen) atoms. The molecule has 2 atom stereocenters. The van der Waals surface area contributed by atoms with Crippen LogP contribution in [0.1, 0.15) is 107 Å². The van der Waals surface area contributed by atoms with E-state index in [1.54, 1.807) is 24.6 Å². The number of aromatic nitrogens is 3. The van der Waals surface area contributed by atoms with Crippen molar-refractivity contribution in [2.24, 2.45) is 5.41 Å². The van der Waals surface area contributed by atoms with Crippen molar-refractivity contribution < 1.29 is 23.8 Å². The first-order chi connectivity index (χ1) is 21.4. The molecule has 1 saturated heterocycles. The molecule has 3 heterocycles. The van der Waals surface area contributed by atoms with Crippen LogP contribution >= 0.6 is 0 Å². The maximum absolute atomic E-state index is 13.7. The summed E-state index contributed by atoms with van der Waals surface area (Å²) in [6, 6.07) is 6.85. The number of ether oxygens (including phenoxy) is 3. The van der Waals surface area contributed by atoms with Crippen molar-refractivity contribution in [2.45, 2.75) is 123 Å². The smallest absolute Gasteiger partial charge is 0.338 e. The summed E-state index contributed by atoms with van der Waals surface area (Å²) in [5.74, 6) is -0.766. The van der Waals surface area contributed by atoms with Crippen LogP contribution in [0, 0.1) is 16.7 Å². The number of rotatable bonds is 11. The molecule has 0 aromatic carbocycles. The number of carbonyl (C=O) groups is 2. The molecular weight excluding hydrogens is 599 g/mol. The van der Waals surface area contributed by atoms with Gasteiger partial charge >= 0.3 is 5.97 Å². The fraction of sp³-hybridized carbons (Fsp3) is 0.629. The first kappa shape index (κ1) is 35.5. The minimum atomic E-state index is -1.28. The van der Waals surface area contributed by atoms with Crippen molar-refractivity contribution in [3.05, 3.63) is 47.3 Å². The molecule has 250 valence electrons. The van der Waals surface area contributed by atoms with E-state index in [9.17, 15) is 14.9 Å². The van der Waals surface area contributed by atoms with Gasteiger partial charge in [0.25, 0.3) is 5.91 Å². The van der Waals surface area contributed by atoms with E-state index in [0.29, 0.717) is 30.8 Å². The normalized spacial score (nSPS) is 22.4. The Balaban J connectivity index is 1.66. The van der Waals surface area contributed by atoms with Crippen LogP contribution in [0.25, 0.3) is 5.57 Å². The van der Waals surface area contributed by atoms with Crippen molar-refractivity contribution in [1.82, 2.24) is 14.5 Å². The summed E-state index contributed by atoms with van der Waals surface area (Å²) in [7, 11) is -1.28. The van der Waals surface area contributed by atoms with Crippen LogP contribution < -0.4 is 5.32 Å². The lowest BCUT2D eigenvalue weighted by atomic mass is 9.77. The monoisotopic (exact) mass is 649 g/mol. The number of amides is 1. The molecule has 1 amide bonds. The van der Waals surface area contributed by atoms with Crippen molar-refractivity contribution in [3.8, 4) is 6.07 Å². The van der Waals surface area contributed by atoms with Crippen LogP contribution in [0.2, 0.25) is 25.7 Å². The van der Waals surface area contributed by atoms with Crippen LogP contribution in [0.3, 0.4) is 0 Å². The summed E-state index contributed by atoms with van der Waals surface area (Å²) >= 11 is 0. The quantitative estimate of drug-likeness (QED) is 0.153. The third-order valence-corrected chi connectivity index (χ3v) is 10.5. The number of hydrogen-bond donors (Lipinski definition) is 1. The van der Waals surface area contributed by atoms with Gasteiger partial charge in [0, 0.05) is 32.5 Å². The zero-order valence-electron chi connectivity index (χ0n) is 29.1. The second-order valence-corrected chi connectivity index (χ2v) is 21.1. The average molecular weight is 650 g/mol. The maximum Gasteiger partial charge on any atom is 0.338 e. The lowest BCUT2D eigenvalue weighted by Gasteiger charge is -2.45. The van der Waals surface area contributed by atoms with Crippen molar-refractivity contribution in [2.75, 3.05) is 18.5 Å². The highest BCUT2D eigenvalue weighted by molar-refractivity contribution is 6.76. The first-order valence-corrected chi connectivity index (χ1v) is 20.1. The molecule has 2 unspecified atom stereocenters. The summed E-state index contributed by atoms with van der Waals surface area (Å²) in [4.78, 5) is 36.2. The highest BCUT2D eigenvalue weighted by Crippen LogP contribution is 2.45. The van der Waals surface area contributed by atoms with Gasteiger partial charge in [0.2, 0.25) is 5.82 Å². The lowest BCUT2D eigenvalue weighted by Crippen LogP contribution is -2.52. The molecule has 0 bridgehead atoms. The number of nitrogens with zero attached hydrogens (tertiary/aromatic N) is 4. The Hall–Kier alpha value is -3.33. The van der Waals surface area contributed by atoms with E-state index in [1.165, 1.54) is 0 Å². The summed E-state index contributed by atoms with van der Waals surface area (Å²) in [5, 5.41) is 12.6. The number of esters is 1. The molecule has 1 fully saturated rings. The number of pyridine rings is 1. The SMILES string of the molecule is CCOC(=O)C1(C)CC(c2ccc(NC(=O)c3nc(C#N)cn3COCC[Si](C)(C)C)c(C3=CCC(C)(C)CC3)n2)CC(C)(C)O1. The Labute approximate surface area is 274 Å². The van der Waals surface area contributed by atoms with Gasteiger partial charge in [0.1, 0.15) is 12.8 Å². The Morgan fingerprint density at radius 1 is 1.15 bits per heavy atom. The number of imidazole rings is 1. The van der Waals surface area contributed by atoms with E-state index in [4.69, 9.17) is 19.2 Å². The summed E-state index contributed by atoms with van der Waals surface area (Å²) < 4.78 is 19.1. The lowest BCUT2D eigenvalue weighted by molar-refractivity contribution is -0.205. The van der Waals surface area contributed by atoms with Crippen LogP contribution in [0.5, 0.6) is 0 Å². The fourth-order valence-electron chi connectivity index (χ4n) is 6.25. The second-order valence-electron chi connectivity index (χ2n) is 15.5. The predicted molar refractivity (Wildman–Crippen MR) is 181 cm³/mol. The van der Waals surface area contributed by atoms with Crippen LogP contribution in [0.15, 0.2) is 24.4 Å². The minimum absolute atomic E-state index is 0.0623. The highest BCUT2D eigenvalue weighted by atomic mass is 28.3. The van der Waals surface area contributed by atoms with E-state index >= 15 is 0 Å². The van der Waals surface area contributed by atoms with E-state index in [2.05, 4.69) is 49.9 Å². The number of hydrogen-bond acceptors (Lipinski definition) is 8. The van der Waals surface area contributed by atoms with E-state index < -0.39 is 25.2 Å². The molecule has 2 aliphatic rings. The number of carbonyl (C=O) groups excluding carboxylic acids is 2. The van der Waals surface area contributed by atoms with Crippen LogP contribution in [-0.2, 0) is 25.7 Å². The van der Waals surface area contributed by atoms with Gasteiger partial charge in [-0.15, -0.1) is 0 Å². The highest BCUT2D eigenvalue weighted by Gasteiger charge is 2.48. The van der Waals surface area contributed by atoms with E-state index in [0.717, 1.165) is 36.6 Å². The summed E-state index contributed by atoms with van der Waals surface area (Å²) in [5.41, 5.74) is 1.88. The van der Waals surface area contributed by atoms with Gasteiger partial charge in [-0.2, -0.15) is 5.26 Å². The third-order valence-electron chi connectivity index (χ3n) is 8.76. The molecule has 1 aliphatic heterocycles. The molecule has 0 saturated carbocycles. The number of allylic oxidation sites excluding steroid dienone is 2. The van der Waals surface area contributed by atoms with Crippen molar-refractivity contribution in [1.29, 1.82) is 5.26 Å². The van der Waals surface area contributed by atoms with E-state index in [1.807, 2.05) is 32.0 Å². The van der Waals surface area contributed by atoms with Gasteiger partial charge in [-0.25, -0.2) is 9.78 Å². The molecule has 11 heteroatoms. The van der Waals surface area contributed by atoms with E-state index in [-0.39, 0.29) is 42.2 Å². The number of nitrogens with one attached hydrogen (secondary N) is 1. The first-order valence-electron chi connectivity index (χ1n) is 16.4. The Bertz CT molecular complexity index is 1520. The standard InChI is InChI=1S/C35H51N5O5Si/c1-10-44-32(42)35(6)20-25(19-34(4,5)45-35)27-11-12-28(29(38-27)24-13-15-33(2,3)16-14-24)39-31(41)30-37-26(21-36)22-40(30)23-43-17-18-46(7,8)9/h11-13,22,25H,10,14-20,23H2,1-9H3,(H,39,41). The molecule has 1 aliphatic carbocycles. The zero-order valence-corrected chi connectivity index (χ0v) is 30.1. The van der Waals surface area contributed by atoms with Crippen LogP contribution in [0.4, 0.5) is 5.69 Å². The van der Waals surface area contributed by atoms with Crippen LogP contribution in [-0.4, -0.2) is 58.9 Å². The molecule has 2 aromatic heterocycles. The van der Waals surface area contributed by atoms with Crippen molar-refractivity contribution in [3.63, 3.8) is 0 Å². The fourth-order valence-corrected chi connectivity index (χ4v) is 7.01. The molecule has 2 aromatic rings. The maximum atomic E-state index is 13.7. The molecule has 4 rings (SSSR count). The molecular formula is C35H51N5O5Si. The molecule has 1 N–H and O–H groups in total. The average Bonchev–Trinajstić information content (AvgIpc) is 3.38. The molecule has 10 nitrogen and oxygen atoms in total. The Morgan fingerprint density at radius 3 is 2.52 bits per heavy atom. The summed E-state index contributed by atoms with van der Waals surface area (Å²) in [6.07, 6.45) is 7.60. The largest absolute Gasteiger partial charge is 0.464 e. The number of anilines is 1. The topological polar surface area (TPSA) is 128 Å². The molecule has 0 spiro atoms. The van der Waals surface area contributed by atoms with Gasteiger partial charge in [0.15, 0.2) is 11.3 Å². The number of nitriles is 1. The minimum Gasteiger partial charge on any atom is -0.464 e. The zero-order chi connectivity index (χ0) is 33.9. The third kappa shape index (κ3) is 8.93. The summed E-state index contributed by atoms with van der Waals surface area (Å²) in [6.45, 7) is 19.9. The van der Waals surface area contributed by atoms with Gasteiger partial charge in [0.05, 0.1) is 23.6 Å².